The second kappa shape index (κ2) is 8.61. The SMILES string of the molecule is CCC(C)C(N)C(=O)N1CCC(Oc2ccccc2Cl)C1.Cl. The molecule has 2 N–H and O–H groups in total. The van der Waals surface area contributed by atoms with E-state index >= 15 is 0 Å². The lowest BCUT2D eigenvalue weighted by molar-refractivity contribution is -0.132. The molecule has 1 aromatic carbocycles. The Morgan fingerprint density at radius 2 is 2.18 bits per heavy atom. The summed E-state index contributed by atoms with van der Waals surface area (Å²) in [5.74, 6) is 0.889. The Bertz CT molecular complexity index is 499. The number of rotatable bonds is 5. The molecule has 1 amide bonds. The van der Waals surface area contributed by atoms with Crippen LogP contribution in [0.1, 0.15) is 26.7 Å². The molecular weight excluding hydrogens is 323 g/mol. The van der Waals surface area contributed by atoms with E-state index in [-0.39, 0.29) is 30.3 Å². The zero-order valence-electron chi connectivity index (χ0n) is 13.0. The first-order valence-electron chi connectivity index (χ1n) is 7.48. The van der Waals surface area contributed by atoms with Crippen LogP contribution in [0.3, 0.4) is 0 Å². The molecule has 0 spiro atoms. The highest BCUT2D eigenvalue weighted by atomic mass is 35.5. The number of ether oxygens (including phenoxy) is 1. The third kappa shape index (κ3) is 4.51. The standard InChI is InChI=1S/C16H23ClN2O2.ClH/c1-3-11(2)15(18)16(20)19-9-8-12(10-19)21-14-7-5-4-6-13(14)17;/h4-7,11-12,15H,3,8-10,18H2,1-2H3;1H. The predicted molar refractivity (Wildman–Crippen MR) is 91.7 cm³/mol. The lowest BCUT2D eigenvalue weighted by Crippen LogP contribution is -2.46. The van der Waals surface area contributed by atoms with E-state index in [0.29, 0.717) is 23.9 Å². The van der Waals surface area contributed by atoms with Crippen molar-refractivity contribution in [3.63, 3.8) is 0 Å². The monoisotopic (exact) mass is 346 g/mol. The number of hydrogen-bond donors (Lipinski definition) is 1. The quantitative estimate of drug-likeness (QED) is 0.890. The van der Waals surface area contributed by atoms with Gasteiger partial charge < -0.3 is 15.4 Å². The van der Waals surface area contributed by atoms with Crippen LogP contribution < -0.4 is 10.5 Å². The molecule has 0 bridgehead atoms. The van der Waals surface area contributed by atoms with E-state index in [4.69, 9.17) is 22.1 Å². The fraction of sp³-hybridized carbons (Fsp3) is 0.562. The van der Waals surface area contributed by atoms with Crippen molar-refractivity contribution < 1.29 is 9.53 Å². The first kappa shape index (κ1) is 19.1. The molecule has 22 heavy (non-hydrogen) atoms. The normalized spacial score (nSPS) is 20.2. The maximum absolute atomic E-state index is 12.3. The van der Waals surface area contributed by atoms with Gasteiger partial charge in [0.1, 0.15) is 11.9 Å². The second-order valence-electron chi connectivity index (χ2n) is 5.65. The van der Waals surface area contributed by atoms with Gasteiger partial charge in [0.25, 0.3) is 0 Å². The largest absolute Gasteiger partial charge is 0.487 e. The predicted octanol–water partition coefficient (Wildman–Crippen LogP) is 3.11. The van der Waals surface area contributed by atoms with Crippen molar-refractivity contribution >= 4 is 29.9 Å². The van der Waals surface area contributed by atoms with Gasteiger partial charge in [0.05, 0.1) is 17.6 Å². The lowest BCUT2D eigenvalue weighted by atomic mass is 9.99. The number of amides is 1. The van der Waals surface area contributed by atoms with Gasteiger partial charge in [0.2, 0.25) is 5.91 Å². The average Bonchev–Trinajstić information content (AvgIpc) is 2.95. The summed E-state index contributed by atoms with van der Waals surface area (Å²) in [6.07, 6.45) is 1.70. The summed E-state index contributed by atoms with van der Waals surface area (Å²) in [6, 6.07) is 6.97. The summed E-state index contributed by atoms with van der Waals surface area (Å²) < 4.78 is 5.89. The lowest BCUT2D eigenvalue weighted by Gasteiger charge is -2.24. The van der Waals surface area contributed by atoms with Crippen LogP contribution in [-0.2, 0) is 4.79 Å². The van der Waals surface area contributed by atoms with Gasteiger partial charge in [-0.15, -0.1) is 12.4 Å². The van der Waals surface area contributed by atoms with Crippen LogP contribution in [0.4, 0.5) is 0 Å². The number of hydrogen-bond acceptors (Lipinski definition) is 3. The highest BCUT2D eigenvalue weighted by Gasteiger charge is 2.32. The Morgan fingerprint density at radius 3 is 2.82 bits per heavy atom. The molecule has 1 aliphatic rings. The molecule has 4 nitrogen and oxygen atoms in total. The van der Waals surface area contributed by atoms with Crippen molar-refractivity contribution in [1.82, 2.24) is 4.90 Å². The van der Waals surface area contributed by atoms with E-state index in [0.717, 1.165) is 12.8 Å². The van der Waals surface area contributed by atoms with Crippen LogP contribution in [-0.4, -0.2) is 36.0 Å². The Morgan fingerprint density at radius 1 is 1.50 bits per heavy atom. The zero-order valence-corrected chi connectivity index (χ0v) is 14.6. The Balaban J connectivity index is 0.00000242. The van der Waals surface area contributed by atoms with Crippen LogP contribution in [0.5, 0.6) is 5.75 Å². The van der Waals surface area contributed by atoms with Crippen molar-refractivity contribution in [3.05, 3.63) is 29.3 Å². The molecule has 1 aromatic rings. The molecule has 1 fully saturated rings. The summed E-state index contributed by atoms with van der Waals surface area (Å²) in [5, 5.41) is 0.596. The third-order valence-electron chi connectivity index (χ3n) is 4.13. The number of carbonyl (C=O) groups is 1. The number of nitrogens with two attached hydrogens (primary N) is 1. The van der Waals surface area contributed by atoms with Crippen LogP contribution in [0.2, 0.25) is 5.02 Å². The summed E-state index contributed by atoms with van der Waals surface area (Å²) in [7, 11) is 0. The van der Waals surface area contributed by atoms with Crippen molar-refractivity contribution in [3.8, 4) is 5.75 Å². The molecule has 1 saturated heterocycles. The molecule has 0 aromatic heterocycles. The van der Waals surface area contributed by atoms with Gasteiger partial charge in [0.15, 0.2) is 0 Å². The highest BCUT2D eigenvalue weighted by Crippen LogP contribution is 2.26. The molecule has 2 rings (SSSR count). The van der Waals surface area contributed by atoms with Crippen LogP contribution in [0.15, 0.2) is 24.3 Å². The second-order valence-corrected chi connectivity index (χ2v) is 6.06. The minimum Gasteiger partial charge on any atom is -0.487 e. The summed E-state index contributed by atoms with van der Waals surface area (Å²) in [4.78, 5) is 14.1. The Labute approximate surface area is 143 Å². The van der Waals surface area contributed by atoms with Crippen LogP contribution in [0, 0.1) is 5.92 Å². The first-order valence-corrected chi connectivity index (χ1v) is 7.86. The first-order chi connectivity index (χ1) is 10.0. The van der Waals surface area contributed by atoms with Gasteiger partial charge in [-0.1, -0.05) is 44.0 Å². The van der Waals surface area contributed by atoms with E-state index in [1.165, 1.54) is 0 Å². The van der Waals surface area contributed by atoms with E-state index < -0.39 is 6.04 Å². The molecular formula is C16H24Cl2N2O2. The Hall–Kier alpha value is -0.970. The molecule has 1 heterocycles. The van der Waals surface area contributed by atoms with Gasteiger partial charge in [-0.2, -0.15) is 0 Å². The minimum absolute atomic E-state index is 0. The topological polar surface area (TPSA) is 55.6 Å². The number of para-hydroxylation sites is 1. The van der Waals surface area contributed by atoms with E-state index in [1.807, 2.05) is 32.0 Å². The van der Waals surface area contributed by atoms with Gasteiger partial charge >= 0.3 is 0 Å². The molecule has 3 unspecified atom stereocenters. The van der Waals surface area contributed by atoms with Gasteiger partial charge in [0, 0.05) is 13.0 Å². The number of benzene rings is 1. The van der Waals surface area contributed by atoms with Crippen LogP contribution >= 0.6 is 24.0 Å². The Kier molecular flexibility index (Phi) is 7.46. The number of nitrogens with zero attached hydrogens (tertiary/aromatic N) is 1. The van der Waals surface area contributed by atoms with Crippen molar-refractivity contribution in [2.45, 2.75) is 38.8 Å². The van der Waals surface area contributed by atoms with Crippen molar-refractivity contribution in [2.75, 3.05) is 13.1 Å². The molecule has 0 aliphatic carbocycles. The van der Waals surface area contributed by atoms with E-state index in [2.05, 4.69) is 0 Å². The smallest absolute Gasteiger partial charge is 0.239 e. The fourth-order valence-corrected chi connectivity index (χ4v) is 2.63. The summed E-state index contributed by atoms with van der Waals surface area (Å²) in [6.45, 7) is 5.33. The number of likely N-dealkylation sites (tertiary alicyclic amines) is 1. The average molecular weight is 347 g/mol. The summed E-state index contributed by atoms with van der Waals surface area (Å²) >= 11 is 6.09. The van der Waals surface area contributed by atoms with Crippen molar-refractivity contribution in [2.24, 2.45) is 11.7 Å². The molecule has 6 heteroatoms. The van der Waals surface area contributed by atoms with Gasteiger partial charge in [-0.25, -0.2) is 0 Å². The summed E-state index contributed by atoms with van der Waals surface area (Å²) in [5.41, 5.74) is 6.02. The van der Waals surface area contributed by atoms with E-state index in [9.17, 15) is 4.79 Å². The van der Waals surface area contributed by atoms with Gasteiger partial charge in [-0.3, -0.25) is 4.79 Å². The van der Waals surface area contributed by atoms with Gasteiger partial charge in [-0.05, 0) is 18.1 Å². The molecule has 0 saturated carbocycles. The number of halogens is 2. The number of carbonyl (C=O) groups excluding carboxylic acids is 1. The zero-order chi connectivity index (χ0) is 15.4. The molecule has 1 aliphatic heterocycles. The molecule has 3 atom stereocenters. The minimum atomic E-state index is -0.422. The van der Waals surface area contributed by atoms with E-state index in [1.54, 1.807) is 11.0 Å². The van der Waals surface area contributed by atoms with Crippen LogP contribution in [0.25, 0.3) is 0 Å². The highest BCUT2D eigenvalue weighted by molar-refractivity contribution is 6.32. The fourth-order valence-electron chi connectivity index (χ4n) is 2.45. The maximum Gasteiger partial charge on any atom is 0.239 e. The maximum atomic E-state index is 12.3. The molecule has 0 radical (unpaired) electrons. The molecule has 124 valence electrons. The van der Waals surface area contributed by atoms with Crippen molar-refractivity contribution in [1.29, 1.82) is 0 Å². The third-order valence-corrected chi connectivity index (χ3v) is 4.44.